The molecule has 0 saturated carbocycles. The van der Waals surface area contributed by atoms with E-state index in [-0.39, 0.29) is 5.82 Å². The van der Waals surface area contributed by atoms with E-state index in [1.807, 2.05) is 0 Å². The molecule has 0 aromatic carbocycles. The molecule has 0 amide bonds. The minimum atomic E-state index is -4.70. The molecule has 0 spiro atoms. The van der Waals surface area contributed by atoms with Gasteiger partial charge >= 0.3 is 7.82 Å². The number of anilines is 2. The van der Waals surface area contributed by atoms with E-state index in [9.17, 15) is 14.8 Å². The molecule has 2 rings (SSSR count). The summed E-state index contributed by atoms with van der Waals surface area (Å²) in [6, 6.07) is 0. The zero-order valence-corrected chi connectivity index (χ0v) is 12.4. The molecule has 4 atom stereocenters. The van der Waals surface area contributed by atoms with Crippen molar-refractivity contribution >= 4 is 19.5 Å². The molecule has 7 N–H and O–H groups in total. The van der Waals surface area contributed by atoms with Gasteiger partial charge in [0.2, 0.25) is 0 Å². The minimum Gasteiger partial charge on any atom is -0.387 e. The summed E-state index contributed by atoms with van der Waals surface area (Å²) in [6.45, 7) is 1.08. The number of nitrogen functional groups attached to an aromatic ring is 1. The second kappa shape index (κ2) is 6.42. The lowest BCUT2D eigenvalue weighted by molar-refractivity contribution is -0.0151. The van der Waals surface area contributed by atoms with Crippen molar-refractivity contribution in [1.82, 2.24) is 9.97 Å². The molecule has 1 aromatic rings. The molecule has 0 bridgehead atoms. The first-order chi connectivity index (χ1) is 10.2. The number of nitrogens with two attached hydrogens (primary N) is 1. The number of hydrogen-bond donors (Lipinski definition) is 6. The van der Waals surface area contributed by atoms with Gasteiger partial charge in [-0.2, -0.15) is 0 Å². The Labute approximate surface area is 125 Å². The van der Waals surface area contributed by atoms with Crippen molar-refractivity contribution in [3.05, 3.63) is 11.9 Å². The molecule has 124 valence electrons. The van der Waals surface area contributed by atoms with E-state index in [0.717, 1.165) is 0 Å². The fourth-order valence-corrected chi connectivity index (χ4v) is 2.26. The van der Waals surface area contributed by atoms with Crippen molar-refractivity contribution in [2.45, 2.75) is 31.5 Å². The molecule has 0 aliphatic carbocycles. The minimum absolute atomic E-state index is 0.243. The zero-order valence-electron chi connectivity index (χ0n) is 11.5. The standard InChI is InChI=1S/C10H17N4O7P/c1-4-8(11)12-3-13-9(4)14-10-7(16)6(15)5(21-10)2-20-22(17,18)19/h3,5-7,10,15-16H,2H2,1H3,(H2,17,18,19)(H3,11,12,13,14)/t5-,6-,7-,10-/m1/s1. The molecule has 1 aromatic heterocycles. The lowest BCUT2D eigenvalue weighted by Crippen LogP contribution is -2.37. The van der Waals surface area contributed by atoms with Gasteiger partial charge in [0.15, 0.2) is 6.23 Å². The third-order valence-electron chi connectivity index (χ3n) is 3.17. The average molecular weight is 336 g/mol. The number of aliphatic hydroxyl groups is 2. The fourth-order valence-electron chi connectivity index (χ4n) is 1.92. The molecule has 2 heterocycles. The van der Waals surface area contributed by atoms with Gasteiger partial charge in [0, 0.05) is 5.56 Å². The quantitative estimate of drug-likeness (QED) is 0.338. The predicted molar refractivity (Wildman–Crippen MR) is 73.5 cm³/mol. The Morgan fingerprint density at radius 1 is 1.41 bits per heavy atom. The van der Waals surface area contributed by atoms with E-state index < -0.39 is 39.0 Å². The highest BCUT2D eigenvalue weighted by atomic mass is 31.2. The Morgan fingerprint density at radius 3 is 2.73 bits per heavy atom. The van der Waals surface area contributed by atoms with Crippen LogP contribution in [0.25, 0.3) is 0 Å². The number of nitrogens with zero attached hydrogens (tertiary/aromatic N) is 2. The maximum absolute atomic E-state index is 10.7. The van der Waals surface area contributed by atoms with Gasteiger partial charge in [-0.25, -0.2) is 14.5 Å². The number of aromatic nitrogens is 2. The van der Waals surface area contributed by atoms with E-state index in [2.05, 4.69) is 19.8 Å². The van der Waals surface area contributed by atoms with Crippen LogP contribution in [0.15, 0.2) is 6.33 Å². The lowest BCUT2D eigenvalue weighted by Gasteiger charge is -2.18. The number of rotatable bonds is 5. The molecular weight excluding hydrogens is 319 g/mol. The molecule has 1 aliphatic heterocycles. The van der Waals surface area contributed by atoms with Gasteiger partial charge in [-0.3, -0.25) is 4.52 Å². The maximum Gasteiger partial charge on any atom is 0.469 e. The first-order valence-electron chi connectivity index (χ1n) is 6.24. The highest BCUT2D eigenvalue weighted by molar-refractivity contribution is 7.46. The van der Waals surface area contributed by atoms with Gasteiger partial charge in [-0.05, 0) is 6.92 Å². The Hall–Kier alpha value is -1.33. The SMILES string of the molecule is Cc1c(N)ncnc1N[C@@H]1O[C@H](COP(=O)(O)O)[C@@H](O)[C@H]1O. The van der Waals surface area contributed by atoms with Crippen LogP contribution in [0.3, 0.4) is 0 Å². The van der Waals surface area contributed by atoms with Gasteiger partial charge in [-0.15, -0.1) is 0 Å². The van der Waals surface area contributed by atoms with Gasteiger partial charge in [0.1, 0.15) is 36.3 Å². The average Bonchev–Trinajstić information content (AvgIpc) is 2.69. The highest BCUT2D eigenvalue weighted by Crippen LogP contribution is 2.37. The summed E-state index contributed by atoms with van der Waals surface area (Å²) in [5, 5.41) is 22.5. The smallest absolute Gasteiger partial charge is 0.387 e. The number of ether oxygens (including phenoxy) is 1. The van der Waals surface area contributed by atoms with Gasteiger partial charge in [-0.1, -0.05) is 0 Å². The Balaban J connectivity index is 2.04. The first kappa shape index (κ1) is 17.0. The van der Waals surface area contributed by atoms with Crippen molar-refractivity contribution in [3.8, 4) is 0 Å². The highest BCUT2D eigenvalue weighted by Gasteiger charge is 2.44. The zero-order chi connectivity index (χ0) is 16.5. The summed E-state index contributed by atoms with van der Waals surface area (Å²) in [5.74, 6) is 0.548. The van der Waals surface area contributed by atoms with E-state index in [0.29, 0.717) is 11.4 Å². The summed E-state index contributed by atoms with van der Waals surface area (Å²) in [5.41, 5.74) is 6.16. The van der Waals surface area contributed by atoms with Crippen molar-refractivity contribution in [3.63, 3.8) is 0 Å². The number of nitrogens with one attached hydrogen (secondary N) is 1. The molecule has 1 aliphatic rings. The van der Waals surface area contributed by atoms with Gasteiger partial charge in [0.05, 0.1) is 6.61 Å². The summed E-state index contributed by atoms with van der Waals surface area (Å²) in [7, 11) is -4.70. The van der Waals surface area contributed by atoms with E-state index in [1.54, 1.807) is 6.92 Å². The molecule has 1 saturated heterocycles. The third kappa shape index (κ3) is 3.90. The summed E-state index contributed by atoms with van der Waals surface area (Å²) in [6.07, 6.45) is -3.67. The van der Waals surface area contributed by atoms with Crippen LogP contribution in [0.1, 0.15) is 5.56 Å². The number of phosphoric ester groups is 1. The van der Waals surface area contributed by atoms with Crippen LogP contribution in [0.2, 0.25) is 0 Å². The molecular formula is C10H17N4O7P. The lowest BCUT2D eigenvalue weighted by atomic mass is 10.1. The molecule has 0 radical (unpaired) electrons. The Kier molecular flexibility index (Phi) is 4.97. The Morgan fingerprint density at radius 2 is 2.09 bits per heavy atom. The normalized spacial score (nSPS) is 28.8. The summed E-state index contributed by atoms with van der Waals surface area (Å²) in [4.78, 5) is 25.0. The van der Waals surface area contributed by atoms with E-state index >= 15 is 0 Å². The predicted octanol–water partition coefficient (Wildman–Crippen LogP) is -1.66. The molecule has 11 nitrogen and oxygen atoms in total. The molecule has 0 unspecified atom stereocenters. The summed E-state index contributed by atoms with van der Waals surface area (Å²) < 4.78 is 20.2. The van der Waals surface area contributed by atoms with Crippen LogP contribution >= 0.6 is 7.82 Å². The first-order valence-corrected chi connectivity index (χ1v) is 7.77. The van der Waals surface area contributed by atoms with Crippen LogP contribution in [0, 0.1) is 6.92 Å². The topological polar surface area (TPSA) is 180 Å². The maximum atomic E-state index is 10.7. The van der Waals surface area contributed by atoms with Gasteiger partial charge < -0.3 is 35.8 Å². The fraction of sp³-hybridized carbons (Fsp3) is 0.600. The third-order valence-corrected chi connectivity index (χ3v) is 3.66. The van der Waals surface area contributed by atoms with E-state index in [4.69, 9.17) is 20.3 Å². The van der Waals surface area contributed by atoms with Crippen molar-refractivity contribution in [2.24, 2.45) is 0 Å². The Bertz CT molecular complexity index is 582. The van der Waals surface area contributed by atoms with Crippen LogP contribution in [0.4, 0.5) is 11.6 Å². The number of phosphoric acid groups is 1. The number of hydrogen-bond acceptors (Lipinski definition) is 9. The molecule has 12 heteroatoms. The second-order valence-electron chi connectivity index (χ2n) is 4.74. The van der Waals surface area contributed by atoms with Crippen LogP contribution in [-0.4, -0.2) is 61.1 Å². The molecule has 22 heavy (non-hydrogen) atoms. The molecule has 1 fully saturated rings. The van der Waals surface area contributed by atoms with Crippen molar-refractivity contribution in [2.75, 3.05) is 17.7 Å². The van der Waals surface area contributed by atoms with Crippen molar-refractivity contribution < 1.29 is 33.8 Å². The van der Waals surface area contributed by atoms with Crippen molar-refractivity contribution in [1.29, 1.82) is 0 Å². The number of aliphatic hydroxyl groups excluding tert-OH is 2. The van der Waals surface area contributed by atoms with Crippen LogP contribution < -0.4 is 11.1 Å². The monoisotopic (exact) mass is 336 g/mol. The second-order valence-corrected chi connectivity index (χ2v) is 5.98. The van der Waals surface area contributed by atoms with Crippen LogP contribution in [0.5, 0.6) is 0 Å². The summed E-state index contributed by atoms with van der Waals surface area (Å²) >= 11 is 0. The van der Waals surface area contributed by atoms with E-state index in [1.165, 1.54) is 6.33 Å². The van der Waals surface area contributed by atoms with Gasteiger partial charge in [0.25, 0.3) is 0 Å². The van der Waals surface area contributed by atoms with Crippen LogP contribution in [-0.2, 0) is 13.8 Å². The largest absolute Gasteiger partial charge is 0.469 e.